The minimum Gasteiger partial charge on any atom is -0.466 e. The van der Waals surface area contributed by atoms with Gasteiger partial charge in [0.25, 0.3) is 0 Å². The minimum atomic E-state index is -0.734. The van der Waals surface area contributed by atoms with Crippen molar-refractivity contribution in [1.82, 2.24) is 4.90 Å². The summed E-state index contributed by atoms with van der Waals surface area (Å²) in [6, 6.07) is 0. The first-order valence-electron chi connectivity index (χ1n) is 5.95. The van der Waals surface area contributed by atoms with Gasteiger partial charge in [-0.05, 0) is 6.42 Å². The summed E-state index contributed by atoms with van der Waals surface area (Å²) in [6.45, 7) is 0.453. The highest BCUT2D eigenvalue weighted by molar-refractivity contribution is 5.91. The van der Waals surface area contributed by atoms with Crippen LogP contribution in [0.25, 0.3) is 0 Å². The highest BCUT2D eigenvalue weighted by atomic mass is 16.5. The number of ether oxygens (including phenoxy) is 2. The molecule has 1 amide bonds. The summed E-state index contributed by atoms with van der Waals surface area (Å²) in [7, 11) is 1.20. The van der Waals surface area contributed by atoms with Crippen LogP contribution in [-0.4, -0.2) is 54.3 Å². The second kappa shape index (κ2) is 7.52. The number of amides is 1. The van der Waals surface area contributed by atoms with Crippen molar-refractivity contribution in [2.75, 3.05) is 20.3 Å². The van der Waals surface area contributed by atoms with E-state index in [4.69, 9.17) is 4.74 Å². The molecule has 1 unspecified atom stereocenters. The van der Waals surface area contributed by atoms with Crippen LogP contribution in [-0.2, 0) is 23.9 Å². The molecule has 0 aromatic heterocycles. The fraction of sp³-hybridized carbons (Fsp3) is 0.583. The van der Waals surface area contributed by atoms with E-state index in [1.54, 1.807) is 0 Å². The maximum Gasteiger partial charge on any atom is 0.331 e. The van der Waals surface area contributed by atoms with Crippen LogP contribution in [0, 0.1) is 0 Å². The topological polar surface area (TPSA) is 93.1 Å². The zero-order valence-corrected chi connectivity index (χ0v) is 10.7. The van der Waals surface area contributed by atoms with Crippen LogP contribution in [0.3, 0.4) is 0 Å². The number of hydrogen-bond acceptors (Lipinski definition) is 6. The predicted octanol–water partition coefficient (Wildman–Crippen LogP) is -0.410. The average Bonchev–Trinajstić information content (AvgIpc) is 2.71. The Morgan fingerprint density at radius 1 is 1.42 bits per heavy atom. The maximum absolute atomic E-state index is 11.3. The fourth-order valence-electron chi connectivity index (χ4n) is 1.65. The van der Waals surface area contributed by atoms with Crippen LogP contribution in [0.1, 0.15) is 19.3 Å². The number of methoxy groups -OCH3 is 1. The van der Waals surface area contributed by atoms with E-state index in [-0.39, 0.29) is 12.5 Å². The first-order valence-corrected chi connectivity index (χ1v) is 5.95. The highest BCUT2D eigenvalue weighted by Crippen LogP contribution is 2.16. The molecule has 7 heteroatoms. The number of rotatable bonds is 6. The molecule has 19 heavy (non-hydrogen) atoms. The Balaban J connectivity index is 2.17. The van der Waals surface area contributed by atoms with Crippen molar-refractivity contribution in [3.63, 3.8) is 0 Å². The third-order valence-corrected chi connectivity index (χ3v) is 2.64. The lowest BCUT2D eigenvalue weighted by Crippen LogP contribution is -2.34. The number of hydrogen-bond donors (Lipinski definition) is 1. The van der Waals surface area contributed by atoms with Gasteiger partial charge in [0.05, 0.1) is 13.7 Å². The molecule has 1 N–H and O–H groups in total. The number of aliphatic hydroxyl groups excluding tert-OH is 1. The van der Waals surface area contributed by atoms with E-state index in [2.05, 4.69) is 4.74 Å². The quantitative estimate of drug-likeness (QED) is 0.401. The largest absolute Gasteiger partial charge is 0.466 e. The Morgan fingerprint density at radius 2 is 2.11 bits per heavy atom. The summed E-state index contributed by atoms with van der Waals surface area (Å²) in [4.78, 5) is 34.5. The van der Waals surface area contributed by atoms with Crippen molar-refractivity contribution in [2.24, 2.45) is 0 Å². The van der Waals surface area contributed by atoms with Crippen molar-refractivity contribution in [1.29, 1.82) is 0 Å². The number of nitrogens with zero attached hydrogens (tertiary/aromatic N) is 1. The van der Waals surface area contributed by atoms with Gasteiger partial charge in [0.2, 0.25) is 5.91 Å². The summed E-state index contributed by atoms with van der Waals surface area (Å²) in [5.74, 6) is -1.38. The van der Waals surface area contributed by atoms with Crippen LogP contribution < -0.4 is 0 Å². The van der Waals surface area contributed by atoms with Crippen molar-refractivity contribution in [2.45, 2.75) is 25.5 Å². The molecular weight excluding hydrogens is 254 g/mol. The second-order valence-corrected chi connectivity index (χ2v) is 3.98. The molecule has 0 spiro atoms. The van der Waals surface area contributed by atoms with Gasteiger partial charge in [-0.3, -0.25) is 4.79 Å². The van der Waals surface area contributed by atoms with Gasteiger partial charge in [-0.2, -0.15) is 0 Å². The lowest BCUT2D eigenvalue weighted by atomic mass is 10.4. The SMILES string of the molecule is COC(=O)/C=C/C(=O)OCCCN1C(=O)CCC1O. The van der Waals surface area contributed by atoms with Gasteiger partial charge in [0, 0.05) is 31.5 Å². The molecular formula is C12H17NO6. The van der Waals surface area contributed by atoms with E-state index in [9.17, 15) is 19.5 Å². The zero-order chi connectivity index (χ0) is 14.3. The van der Waals surface area contributed by atoms with Crippen LogP contribution in [0.2, 0.25) is 0 Å². The van der Waals surface area contributed by atoms with Crippen molar-refractivity contribution in [3.05, 3.63) is 12.2 Å². The molecule has 7 nitrogen and oxygen atoms in total. The minimum absolute atomic E-state index is 0.0931. The third-order valence-electron chi connectivity index (χ3n) is 2.64. The highest BCUT2D eigenvalue weighted by Gasteiger charge is 2.28. The number of carbonyl (C=O) groups is 3. The summed E-state index contributed by atoms with van der Waals surface area (Å²) in [5, 5.41) is 9.48. The number of carbonyl (C=O) groups excluding carboxylic acids is 3. The molecule has 1 atom stereocenters. The predicted molar refractivity (Wildman–Crippen MR) is 63.7 cm³/mol. The van der Waals surface area contributed by atoms with E-state index >= 15 is 0 Å². The summed E-state index contributed by atoms with van der Waals surface area (Å²) in [6.07, 6.45) is 2.43. The van der Waals surface area contributed by atoms with Gasteiger partial charge in [0.1, 0.15) is 6.23 Å². The van der Waals surface area contributed by atoms with E-state index in [0.717, 1.165) is 12.2 Å². The number of likely N-dealkylation sites (tertiary alicyclic amines) is 1. The van der Waals surface area contributed by atoms with Crippen molar-refractivity contribution >= 4 is 17.8 Å². The molecule has 0 aromatic carbocycles. The molecule has 1 aliphatic rings. The Morgan fingerprint density at radius 3 is 2.68 bits per heavy atom. The molecule has 1 heterocycles. The smallest absolute Gasteiger partial charge is 0.331 e. The summed E-state index contributed by atoms with van der Waals surface area (Å²) in [5.41, 5.74) is 0. The first-order chi connectivity index (χ1) is 9.04. The Kier molecular flexibility index (Phi) is 6.01. The monoisotopic (exact) mass is 271 g/mol. The molecule has 0 radical (unpaired) electrons. The number of esters is 2. The number of aliphatic hydroxyl groups is 1. The van der Waals surface area contributed by atoms with Crippen molar-refractivity contribution < 1.29 is 29.0 Å². The molecule has 1 rings (SSSR count). The van der Waals surface area contributed by atoms with Gasteiger partial charge in [-0.1, -0.05) is 0 Å². The van der Waals surface area contributed by atoms with Gasteiger partial charge in [-0.25, -0.2) is 9.59 Å². The summed E-state index contributed by atoms with van der Waals surface area (Å²) >= 11 is 0. The standard InChI is InChI=1S/C12H17NO6/c1-18-11(16)5-6-12(17)19-8-2-7-13-9(14)3-4-10(13)15/h5-6,9,14H,2-4,7-8H2,1H3/b6-5+. The first kappa shape index (κ1) is 15.2. The van der Waals surface area contributed by atoms with Crippen LogP contribution >= 0.6 is 0 Å². The fourth-order valence-corrected chi connectivity index (χ4v) is 1.65. The van der Waals surface area contributed by atoms with Gasteiger partial charge in [0.15, 0.2) is 0 Å². The van der Waals surface area contributed by atoms with Crippen LogP contribution in [0.15, 0.2) is 12.2 Å². The van der Waals surface area contributed by atoms with Gasteiger partial charge >= 0.3 is 11.9 Å². The lowest BCUT2D eigenvalue weighted by molar-refractivity contribution is -0.140. The van der Waals surface area contributed by atoms with E-state index < -0.39 is 18.2 Å². The van der Waals surface area contributed by atoms with Crippen molar-refractivity contribution in [3.8, 4) is 0 Å². The zero-order valence-electron chi connectivity index (χ0n) is 10.7. The Hall–Kier alpha value is -1.89. The van der Waals surface area contributed by atoms with E-state index in [1.165, 1.54) is 12.0 Å². The molecule has 0 aliphatic carbocycles. The molecule has 0 saturated carbocycles. The molecule has 106 valence electrons. The van der Waals surface area contributed by atoms with Crippen LogP contribution in [0.4, 0.5) is 0 Å². The third kappa shape index (κ3) is 5.09. The van der Waals surface area contributed by atoms with E-state index in [1.807, 2.05) is 0 Å². The Labute approximate surface area is 110 Å². The normalized spacial score (nSPS) is 18.9. The van der Waals surface area contributed by atoms with Crippen LogP contribution in [0.5, 0.6) is 0 Å². The lowest BCUT2D eigenvalue weighted by Gasteiger charge is -2.19. The van der Waals surface area contributed by atoms with Gasteiger partial charge < -0.3 is 19.5 Å². The molecule has 1 fully saturated rings. The molecule has 1 aliphatic heterocycles. The molecule has 1 saturated heterocycles. The van der Waals surface area contributed by atoms with Gasteiger partial charge in [-0.15, -0.1) is 0 Å². The molecule has 0 bridgehead atoms. The second-order valence-electron chi connectivity index (χ2n) is 3.98. The summed E-state index contributed by atoms with van der Waals surface area (Å²) < 4.78 is 9.13. The maximum atomic E-state index is 11.3. The van der Waals surface area contributed by atoms with E-state index in [0.29, 0.717) is 25.8 Å². The average molecular weight is 271 g/mol. The Bertz CT molecular complexity index is 378. The molecule has 0 aromatic rings.